The Balaban J connectivity index is 1.53. The number of nitrogens with zero attached hydrogens (tertiary/aromatic N) is 1. The lowest BCUT2D eigenvalue weighted by molar-refractivity contribution is 0.143. The molecule has 4 aliphatic rings. The molecule has 2 aromatic carbocycles. The maximum absolute atomic E-state index is 10.4. The van der Waals surface area contributed by atoms with Gasteiger partial charge in [0, 0.05) is 35.1 Å². The minimum absolute atomic E-state index is 0.223. The van der Waals surface area contributed by atoms with Crippen LogP contribution in [-0.2, 0) is 4.74 Å². The van der Waals surface area contributed by atoms with E-state index in [1.54, 1.807) is 18.6 Å². The molecule has 3 atom stereocenters. The number of fused-ring (bicyclic) bond motifs is 6. The quantitative estimate of drug-likeness (QED) is 0.780. The molecule has 31 heavy (non-hydrogen) atoms. The third-order valence-corrected chi connectivity index (χ3v) is 6.87. The molecule has 1 saturated heterocycles. The smallest absolute Gasteiger partial charge is 0.169 e. The molecule has 0 amide bonds. The van der Waals surface area contributed by atoms with Crippen LogP contribution in [0.4, 0.5) is 0 Å². The first-order chi connectivity index (χ1) is 15.3. The van der Waals surface area contributed by atoms with E-state index in [0.717, 1.165) is 47.7 Å². The minimum atomic E-state index is 0.223. The van der Waals surface area contributed by atoms with Crippen LogP contribution in [0.1, 0.15) is 30.4 Å². The molecule has 4 heterocycles. The van der Waals surface area contributed by atoms with Crippen LogP contribution < -0.4 is 9.47 Å². The Morgan fingerprint density at radius 2 is 2.00 bits per heavy atom. The summed E-state index contributed by atoms with van der Waals surface area (Å²) in [6, 6.07) is 14.1. The van der Waals surface area contributed by atoms with Gasteiger partial charge in [-0.1, -0.05) is 37.3 Å². The van der Waals surface area contributed by atoms with E-state index in [9.17, 15) is 5.11 Å². The number of benzene rings is 2. The Bertz CT molecular complexity index is 1130. The number of hydrogen-bond donors (Lipinski definition) is 1. The molecule has 0 spiro atoms. The highest BCUT2D eigenvalue weighted by Gasteiger charge is 2.48. The third kappa shape index (κ3) is 2.80. The number of phenolic OH excluding ortho intramolecular Hbond substituents is 1. The van der Waals surface area contributed by atoms with E-state index in [-0.39, 0.29) is 23.6 Å². The maximum atomic E-state index is 10.4. The first-order valence-corrected chi connectivity index (χ1v) is 11.0. The van der Waals surface area contributed by atoms with Crippen molar-refractivity contribution in [3.05, 3.63) is 83.5 Å². The van der Waals surface area contributed by atoms with Gasteiger partial charge in [-0.05, 0) is 36.7 Å². The number of para-hydroxylation sites is 2. The second-order valence-electron chi connectivity index (χ2n) is 8.55. The van der Waals surface area contributed by atoms with Crippen LogP contribution in [0.3, 0.4) is 0 Å². The summed E-state index contributed by atoms with van der Waals surface area (Å²) in [6.07, 6.45) is 6.68. The van der Waals surface area contributed by atoms with Crippen molar-refractivity contribution in [2.45, 2.75) is 25.3 Å². The Hall–Kier alpha value is -3.18. The first kappa shape index (κ1) is 18.6. The highest BCUT2D eigenvalue weighted by atomic mass is 16.5. The maximum Gasteiger partial charge on any atom is 0.169 e. The average molecular weight is 415 g/mol. The van der Waals surface area contributed by atoms with Crippen LogP contribution in [0.15, 0.2) is 72.4 Å². The van der Waals surface area contributed by atoms with Gasteiger partial charge in [0.15, 0.2) is 17.3 Å². The van der Waals surface area contributed by atoms with E-state index in [1.807, 2.05) is 24.3 Å². The molecular formula is C26H25NO4. The van der Waals surface area contributed by atoms with Crippen molar-refractivity contribution < 1.29 is 19.3 Å². The Labute approximate surface area is 181 Å². The van der Waals surface area contributed by atoms with Crippen molar-refractivity contribution in [2.24, 2.45) is 5.92 Å². The Kier molecular flexibility index (Phi) is 4.32. The molecule has 0 aromatic heterocycles. The van der Waals surface area contributed by atoms with Crippen molar-refractivity contribution in [2.75, 3.05) is 19.7 Å². The van der Waals surface area contributed by atoms with Gasteiger partial charge in [0.25, 0.3) is 0 Å². The van der Waals surface area contributed by atoms with E-state index < -0.39 is 0 Å². The van der Waals surface area contributed by atoms with Gasteiger partial charge in [0.05, 0.1) is 12.3 Å². The van der Waals surface area contributed by atoms with E-state index in [4.69, 9.17) is 14.2 Å². The second-order valence-corrected chi connectivity index (χ2v) is 8.55. The standard InChI is InChI=1S/C26H25NO4/c1-2-11-27-13-19(24-18-7-5-8-21(28)26(18)31-14-20(24)27)16-10-12-29-23-15-30-22-9-4-3-6-17(22)25(16)23/h3-10,12,15,19-20,24,28H,2,11,13-14H2,1H3. The Morgan fingerprint density at radius 3 is 2.90 bits per heavy atom. The van der Waals surface area contributed by atoms with Gasteiger partial charge in [-0.2, -0.15) is 0 Å². The zero-order valence-corrected chi connectivity index (χ0v) is 17.5. The molecule has 158 valence electrons. The van der Waals surface area contributed by atoms with Crippen LogP contribution in [0.2, 0.25) is 0 Å². The van der Waals surface area contributed by atoms with Crippen LogP contribution in [0.25, 0.3) is 5.57 Å². The number of aromatic hydroxyl groups is 1. The predicted octanol–water partition coefficient (Wildman–Crippen LogP) is 4.81. The number of ether oxygens (including phenoxy) is 3. The fourth-order valence-corrected chi connectivity index (χ4v) is 5.64. The van der Waals surface area contributed by atoms with Crippen molar-refractivity contribution in [1.82, 2.24) is 4.90 Å². The second kappa shape index (κ2) is 7.20. The molecule has 0 bridgehead atoms. The largest absolute Gasteiger partial charge is 0.504 e. The number of likely N-dealkylation sites (tertiary alicyclic amines) is 1. The molecule has 1 fully saturated rings. The fourth-order valence-electron chi connectivity index (χ4n) is 5.64. The van der Waals surface area contributed by atoms with Crippen molar-refractivity contribution >= 4 is 5.57 Å². The molecule has 3 unspecified atom stereocenters. The van der Waals surface area contributed by atoms with Gasteiger partial charge < -0.3 is 19.3 Å². The lowest BCUT2D eigenvalue weighted by atomic mass is 9.76. The summed E-state index contributed by atoms with van der Waals surface area (Å²) in [5.74, 6) is 2.96. The summed E-state index contributed by atoms with van der Waals surface area (Å²) < 4.78 is 17.7. The van der Waals surface area contributed by atoms with Crippen molar-refractivity contribution in [1.29, 1.82) is 0 Å². The topological polar surface area (TPSA) is 51.2 Å². The van der Waals surface area contributed by atoms with Gasteiger partial charge >= 0.3 is 0 Å². The summed E-state index contributed by atoms with van der Waals surface area (Å²) >= 11 is 0. The number of allylic oxidation sites excluding steroid dienone is 2. The molecule has 4 aliphatic heterocycles. The summed E-state index contributed by atoms with van der Waals surface area (Å²) in [6.45, 7) is 4.79. The van der Waals surface area contributed by atoms with Crippen LogP contribution in [-0.4, -0.2) is 35.7 Å². The van der Waals surface area contributed by atoms with Crippen molar-refractivity contribution in [3.63, 3.8) is 0 Å². The monoisotopic (exact) mass is 415 g/mol. The van der Waals surface area contributed by atoms with E-state index in [2.05, 4.69) is 30.0 Å². The Morgan fingerprint density at radius 1 is 1.10 bits per heavy atom. The van der Waals surface area contributed by atoms with E-state index >= 15 is 0 Å². The van der Waals surface area contributed by atoms with Gasteiger partial charge in [-0.3, -0.25) is 4.90 Å². The molecule has 0 aliphatic carbocycles. The van der Waals surface area contributed by atoms with Gasteiger partial charge in [-0.25, -0.2) is 0 Å². The summed E-state index contributed by atoms with van der Waals surface area (Å²) in [5.41, 5.74) is 4.53. The average Bonchev–Trinajstić information content (AvgIpc) is 3.18. The summed E-state index contributed by atoms with van der Waals surface area (Å²) in [4.78, 5) is 2.55. The lowest BCUT2D eigenvalue weighted by Gasteiger charge is -2.35. The molecular weight excluding hydrogens is 390 g/mol. The van der Waals surface area contributed by atoms with Gasteiger partial charge in [0.2, 0.25) is 0 Å². The normalized spacial score (nSPS) is 26.0. The highest BCUT2D eigenvalue weighted by molar-refractivity contribution is 5.86. The number of hydrogen-bond acceptors (Lipinski definition) is 5. The van der Waals surface area contributed by atoms with Crippen LogP contribution in [0.5, 0.6) is 17.2 Å². The first-order valence-electron chi connectivity index (χ1n) is 11.0. The number of phenols is 1. The fraction of sp³-hybridized carbons (Fsp3) is 0.308. The molecule has 0 saturated carbocycles. The zero-order chi connectivity index (χ0) is 20.9. The van der Waals surface area contributed by atoms with Gasteiger partial charge in [-0.15, -0.1) is 0 Å². The molecule has 2 aromatic rings. The molecule has 1 N–H and O–H groups in total. The zero-order valence-electron chi connectivity index (χ0n) is 17.5. The summed E-state index contributed by atoms with van der Waals surface area (Å²) in [7, 11) is 0. The molecule has 6 rings (SSSR count). The molecule has 0 radical (unpaired) electrons. The predicted molar refractivity (Wildman–Crippen MR) is 118 cm³/mol. The van der Waals surface area contributed by atoms with Crippen LogP contribution in [0, 0.1) is 5.92 Å². The van der Waals surface area contributed by atoms with Crippen molar-refractivity contribution in [3.8, 4) is 17.2 Å². The van der Waals surface area contributed by atoms with E-state index in [1.165, 1.54) is 5.57 Å². The third-order valence-electron chi connectivity index (χ3n) is 6.87. The number of rotatable bonds is 3. The molecule has 5 heteroatoms. The molecule has 5 nitrogen and oxygen atoms in total. The minimum Gasteiger partial charge on any atom is -0.504 e. The summed E-state index contributed by atoms with van der Waals surface area (Å²) in [5, 5.41) is 10.4. The highest BCUT2D eigenvalue weighted by Crippen LogP contribution is 2.53. The van der Waals surface area contributed by atoms with Gasteiger partial charge in [0.1, 0.15) is 18.6 Å². The van der Waals surface area contributed by atoms with E-state index in [0.29, 0.717) is 12.4 Å². The SMILES string of the molecule is CCCN1CC(C2=C3C(=COc4ccccc43)OC=C2)C2c3cccc(O)c3OCC21. The van der Waals surface area contributed by atoms with Crippen LogP contribution >= 0.6 is 0 Å². The lowest BCUT2D eigenvalue weighted by Crippen LogP contribution is -2.40.